The minimum Gasteiger partial charge on any atom is -0.495 e. The summed E-state index contributed by atoms with van der Waals surface area (Å²) in [4.78, 5) is 12.2. The Morgan fingerprint density at radius 3 is 2.33 bits per heavy atom. The fourth-order valence-electron chi connectivity index (χ4n) is 2.15. The van der Waals surface area contributed by atoms with Gasteiger partial charge >= 0.3 is 6.03 Å². The second kappa shape index (κ2) is 7.88. The van der Waals surface area contributed by atoms with Crippen LogP contribution in [0.4, 0.5) is 14.9 Å². The molecule has 0 bridgehead atoms. The van der Waals surface area contributed by atoms with Crippen molar-refractivity contribution in [3.63, 3.8) is 0 Å². The van der Waals surface area contributed by atoms with Crippen molar-refractivity contribution in [3.8, 4) is 11.5 Å². The summed E-state index contributed by atoms with van der Waals surface area (Å²) in [5.41, 5.74) is 1.19. The third-order valence-corrected chi connectivity index (χ3v) is 3.74. The number of nitrogens with one attached hydrogen (secondary N) is 2. The number of amides is 2. The zero-order valence-electron chi connectivity index (χ0n) is 13.5. The number of carbonyl (C=O) groups is 1. The number of rotatable bonds is 5. The van der Waals surface area contributed by atoms with Gasteiger partial charge in [-0.1, -0.05) is 23.7 Å². The first kappa shape index (κ1) is 17.9. The van der Waals surface area contributed by atoms with Crippen LogP contribution in [-0.2, 0) is 0 Å². The molecule has 0 aliphatic rings. The van der Waals surface area contributed by atoms with Gasteiger partial charge in [0.25, 0.3) is 0 Å². The minimum atomic E-state index is -0.439. The molecule has 0 radical (unpaired) electrons. The Hall–Kier alpha value is -2.47. The molecule has 2 aromatic carbocycles. The Morgan fingerprint density at radius 2 is 1.75 bits per heavy atom. The van der Waals surface area contributed by atoms with Gasteiger partial charge in [0.15, 0.2) is 0 Å². The average Bonchev–Trinajstić information content (AvgIpc) is 2.55. The van der Waals surface area contributed by atoms with Crippen LogP contribution in [0.25, 0.3) is 0 Å². The number of carbonyl (C=O) groups excluding carboxylic acids is 1. The van der Waals surface area contributed by atoms with E-state index in [0.29, 0.717) is 22.2 Å². The van der Waals surface area contributed by atoms with Gasteiger partial charge in [0.2, 0.25) is 0 Å². The lowest BCUT2D eigenvalue weighted by atomic mass is 10.1. The molecule has 7 heteroatoms. The number of benzene rings is 2. The largest absolute Gasteiger partial charge is 0.495 e. The second-order valence-corrected chi connectivity index (χ2v) is 5.47. The second-order valence-electron chi connectivity index (χ2n) is 5.06. The van der Waals surface area contributed by atoms with Crippen molar-refractivity contribution in [2.24, 2.45) is 0 Å². The number of hydrogen-bond acceptors (Lipinski definition) is 3. The maximum Gasteiger partial charge on any atom is 0.319 e. The van der Waals surface area contributed by atoms with Gasteiger partial charge < -0.3 is 20.1 Å². The van der Waals surface area contributed by atoms with E-state index in [-0.39, 0.29) is 11.9 Å². The Morgan fingerprint density at radius 1 is 1.12 bits per heavy atom. The predicted octanol–water partition coefficient (Wildman–Crippen LogP) is 4.38. The number of anilines is 1. The van der Waals surface area contributed by atoms with Crippen molar-refractivity contribution in [3.05, 3.63) is 52.8 Å². The highest BCUT2D eigenvalue weighted by Crippen LogP contribution is 2.35. The van der Waals surface area contributed by atoms with Crippen LogP contribution in [0.2, 0.25) is 5.02 Å². The summed E-state index contributed by atoms with van der Waals surface area (Å²) >= 11 is 6.07. The number of hydrogen-bond donors (Lipinski definition) is 2. The molecule has 0 heterocycles. The molecular formula is C17H18ClFN2O3. The average molecular weight is 353 g/mol. The zero-order valence-corrected chi connectivity index (χ0v) is 14.3. The Bertz CT molecular complexity index is 723. The van der Waals surface area contributed by atoms with Crippen LogP contribution in [0.5, 0.6) is 11.5 Å². The molecule has 2 aromatic rings. The summed E-state index contributed by atoms with van der Waals surface area (Å²) in [6.45, 7) is 1.80. The van der Waals surface area contributed by atoms with Crippen LogP contribution in [0.3, 0.4) is 0 Å². The predicted molar refractivity (Wildman–Crippen MR) is 91.5 cm³/mol. The van der Waals surface area contributed by atoms with Crippen LogP contribution in [0, 0.1) is 5.82 Å². The quantitative estimate of drug-likeness (QED) is 0.839. The lowest BCUT2D eigenvalue weighted by molar-refractivity contribution is 0.249. The summed E-state index contributed by atoms with van der Waals surface area (Å²) in [7, 11) is 2.97. The summed E-state index contributed by atoms with van der Waals surface area (Å²) in [6, 6.07) is 8.31. The molecule has 0 aliphatic heterocycles. The topological polar surface area (TPSA) is 59.6 Å². The molecule has 2 rings (SSSR count). The molecule has 0 saturated carbocycles. The van der Waals surface area contributed by atoms with Crippen molar-refractivity contribution < 1.29 is 18.7 Å². The summed E-state index contributed by atoms with van der Waals surface area (Å²) in [6.07, 6.45) is 0. The Labute approximate surface area is 144 Å². The third kappa shape index (κ3) is 4.29. The van der Waals surface area contributed by atoms with Crippen molar-refractivity contribution in [2.75, 3.05) is 19.5 Å². The van der Waals surface area contributed by atoms with Crippen molar-refractivity contribution in [2.45, 2.75) is 13.0 Å². The number of methoxy groups -OCH3 is 2. The third-order valence-electron chi connectivity index (χ3n) is 3.44. The summed E-state index contributed by atoms with van der Waals surface area (Å²) in [5.74, 6) is 0.535. The van der Waals surface area contributed by atoms with E-state index in [1.807, 2.05) is 0 Å². The van der Waals surface area contributed by atoms with Gasteiger partial charge in [-0.3, -0.25) is 0 Å². The lowest BCUT2D eigenvalue weighted by Gasteiger charge is -2.17. The molecule has 0 aromatic heterocycles. The first-order valence-corrected chi connectivity index (χ1v) is 7.57. The number of ether oxygens (including phenoxy) is 2. The number of urea groups is 1. The first-order valence-electron chi connectivity index (χ1n) is 7.19. The van der Waals surface area contributed by atoms with Crippen molar-refractivity contribution >= 4 is 23.3 Å². The molecule has 0 spiro atoms. The highest BCUT2D eigenvalue weighted by molar-refractivity contribution is 6.32. The Kier molecular flexibility index (Phi) is 5.87. The highest BCUT2D eigenvalue weighted by atomic mass is 35.5. The maximum absolute atomic E-state index is 12.9. The molecule has 0 fully saturated rings. The lowest BCUT2D eigenvalue weighted by Crippen LogP contribution is -2.31. The fourth-order valence-corrected chi connectivity index (χ4v) is 2.39. The molecule has 2 N–H and O–H groups in total. The van der Waals surface area contributed by atoms with Gasteiger partial charge in [-0.25, -0.2) is 9.18 Å². The summed E-state index contributed by atoms with van der Waals surface area (Å²) < 4.78 is 23.3. The van der Waals surface area contributed by atoms with Crippen LogP contribution >= 0.6 is 11.6 Å². The molecule has 0 aliphatic carbocycles. The molecule has 2 amide bonds. The van der Waals surface area contributed by atoms with Crippen molar-refractivity contribution in [1.82, 2.24) is 5.32 Å². The molecule has 5 nitrogen and oxygen atoms in total. The minimum absolute atomic E-state index is 0.301. The van der Waals surface area contributed by atoms with E-state index in [2.05, 4.69) is 10.6 Å². The van der Waals surface area contributed by atoms with Gasteiger partial charge in [-0.15, -0.1) is 0 Å². The van der Waals surface area contributed by atoms with Gasteiger partial charge in [-0.2, -0.15) is 0 Å². The van der Waals surface area contributed by atoms with Gasteiger partial charge in [-0.05, 0) is 30.7 Å². The van der Waals surface area contributed by atoms with E-state index < -0.39 is 6.03 Å². The first-order chi connectivity index (χ1) is 11.4. The van der Waals surface area contributed by atoms with Gasteiger partial charge in [0, 0.05) is 6.07 Å². The van der Waals surface area contributed by atoms with E-state index in [4.69, 9.17) is 21.1 Å². The van der Waals surface area contributed by atoms with E-state index in [1.54, 1.807) is 31.2 Å². The molecular weight excluding hydrogens is 335 g/mol. The summed E-state index contributed by atoms with van der Waals surface area (Å²) in [5, 5.41) is 5.79. The monoisotopic (exact) mass is 352 g/mol. The molecule has 128 valence electrons. The van der Waals surface area contributed by atoms with E-state index >= 15 is 0 Å². The maximum atomic E-state index is 12.9. The van der Waals surface area contributed by atoms with Crippen LogP contribution in [0.15, 0.2) is 36.4 Å². The van der Waals surface area contributed by atoms with Crippen molar-refractivity contribution in [1.29, 1.82) is 0 Å². The van der Waals surface area contributed by atoms with Gasteiger partial charge in [0.1, 0.15) is 17.3 Å². The molecule has 1 atom stereocenters. The van der Waals surface area contributed by atoms with Crippen LogP contribution in [-0.4, -0.2) is 20.3 Å². The standard InChI is InChI=1S/C17H18ClFN2O3/c1-10(11-4-6-12(19)7-5-11)20-17(22)21-14-8-13(18)15(23-2)9-16(14)24-3/h4-10H,1-3H3,(H2,20,21,22)/t10-/m0/s1. The Balaban J connectivity index is 2.09. The molecule has 0 unspecified atom stereocenters. The van der Waals surface area contributed by atoms with E-state index in [0.717, 1.165) is 5.56 Å². The SMILES string of the molecule is COc1cc(OC)c(NC(=O)N[C@@H](C)c2ccc(F)cc2)cc1Cl. The van der Waals surface area contributed by atoms with E-state index in [1.165, 1.54) is 26.4 Å². The highest BCUT2D eigenvalue weighted by Gasteiger charge is 2.14. The number of halogens is 2. The normalized spacial score (nSPS) is 11.5. The smallest absolute Gasteiger partial charge is 0.319 e. The molecule has 24 heavy (non-hydrogen) atoms. The van der Waals surface area contributed by atoms with Crippen LogP contribution < -0.4 is 20.1 Å². The van der Waals surface area contributed by atoms with Crippen LogP contribution in [0.1, 0.15) is 18.5 Å². The fraction of sp³-hybridized carbons (Fsp3) is 0.235. The zero-order chi connectivity index (χ0) is 17.7. The molecule has 0 saturated heterocycles. The van der Waals surface area contributed by atoms with E-state index in [9.17, 15) is 9.18 Å². The van der Waals surface area contributed by atoms with Gasteiger partial charge in [0.05, 0.1) is 31.0 Å².